The Hall–Kier alpha value is -5.22. The van der Waals surface area contributed by atoms with E-state index in [1.807, 2.05) is 146 Å². The maximum absolute atomic E-state index is 16.3. The third kappa shape index (κ3) is 5.38. The van der Waals surface area contributed by atoms with Crippen molar-refractivity contribution in [2.75, 3.05) is 9.80 Å². The van der Waals surface area contributed by atoms with E-state index in [0.29, 0.717) is 20.8 Å². The molecule has 0 atom stereocenters. The first-order valence-electron chi connectivity index (χ1n) is 14.8. The van der Waals surface area contributed by atoms with Crippen molar-refractivity contribution in [1.29, 1.82) is 0 Å². The molecule has 5 aromatic carbocycles. The lowest BCUT2D eigenvalue weighted by molar-refractivity contribution is 0.516. The normalized spacial score (nSPS) is 11.2. The van der Waals surface area contributed by atoms with Crippen LogP contribution >= 0.6 is 34.4 Å². The third-order valence-electron chi connectivity index (χ3n) is 7.77. The van der Waals surface area contributed by atoms with E-state index in [1.165, 1.54) is 22.7 Å². The highest BCUT2D eigenvalue weighted by Crippen LogP contribution is 2.48. The number of fused-ring (bicyclic) bond motifs is 1. The molecule has 0 fully saturated rings. The molecule has 8 rings (SSSR count). The molecular weight excluding hydrogens is 647 g/mol. The Labute approximate surface area is 282 Å². The Kier molecular flexibility index (Phi) is 7.78. The fourth-order valence-corrected chi connectivity index (χ4v) is 8.41. The first-order valence-corrected chi connectivity index (χ1v) is 17.2. The van der Waals surface area contributed by atoms with Gasteiger partial charge in [-0.25, -0.2) is 8.78 Å². The summed E-state index contributed by atoms with van der Waals surface area (Å²) in [7, 11) is 0. The van der Waals surface area contributed by atoms with Crippen molar-refractivity contribution in [3.8, 4) is 20.9 Å². The molecule has 0 spiro atoms. The van der Waals surface area contributed by atoms with Crippen LogP contribution in [0.4, 0.5) is 41.5 Å². The van der Waals surface area contributed by atoms with Crippen LogP contribution in [0.2, 0.25) is 0 Å². The van der Waals surface area contributed by atoms with Crippen molar-refractivity contribution in [2.45, 2.75) is 0 Å². The Morgan fingerprint density at radius 2 is 0.723 bits per heavy atom. The lowest BCUT2D eigenvalue weighted by Crippen LogP contribution is -2.07. The van der Waals surface area contributed by atoms with Crippen LogP contribution in [0.25, 0.3) is 31.9 Å². The summed E-state index contributed by atoms with van der Waals surface area (Å²) >= 11 is 3.72. The average molecular weight is 671 g/mol. The number of hydrogen-bond donors (Lipinski definition) is 0. The summed E-state index contributed by atoms with van der Waals surface area (Å²) < 4.78 is 41.7. The highest BCUT2D eigenvalue weighted by atomic mass is 32.1. The van der Waals surface area contributed by atoms with Crippen LogP contribution in [-0.4, -0.2) is 8.75 Å². The van der Waals surface area contributed by atoms with Crippen LogP contribution in [0.1, 0.15) is 0 Å². The number of thiophene rings is 2. The van der Waals surface area contributed by atoms with Gasteiger partial charge in [0.2, 0.25) is 0 Å². The van der Waals surface area contributed by atoms with E-state index in [1.54, 1.807) is 0 Å². The van der Waals surface area contributed by atoms with Crippen LogP contribution in [0, 0.1) is 11.6 Å². The summed E-state index contributed by atoms with van der Waals surface area (Å²) in [5, 5.41) is 1.73. The van der Waals surface area contributed by atoms with Crippen LogP contribution < -0.4 is 9.80 Å². The molecule has 0 saturated carbocycles. The quantitative estimate of drug-likeness (QED) is 0.161. The zero-order valence-electron chi connectivity index (χ0n) is 24.6. The summed E-state index contributed by atoms with van der Waals surface area (Å²) in [5.74, 6) is -1.87. The molecule has 0 saturated heterocycles. The summed E-state index contributed by atoms with van der Waals surface area (Å²) in [5.41, 5.74) is 4.79. The number of anilines is 6. The third-order valence-corrected chi connectivity index (χ3v) is 10.5. The molecule has 47 heavy (non-hydrogen) atoms. The number of halogens is 2. The first kappa shape index (κ1) is 29.2. The second-order valence-electron chi connectivity index (χ2n) is 10.6. The Morgan fingerprint density at radius 1 is 0.404 bits per heavy atom. The van der Waals surface area contributed by atoms with E-state index in [0.717, 1.165) is 44.5 Å². The first-order chi connectivity index (χ1) is 23.2. The topological polar surface area (TPSA) is 32.3 Å². The van der Waals surface area contributed by atoms with E-state index in [4.69, 9.17) is 0 Å². The van der Waals surface area contributed by atoms with E-state index < -0.39 is 11.6 Å². The summed E-state index contributed by atoms with van der Waals surface area (Å²) in [6.45, 7) is 0. The molecule has 8 aromatic rings. The molecule has 0 aliphatic heterocycles. The minimum Gasteiger partial charge on any atom is -0.302 e. The second kappa shape index (κ2) is 12.5. The van der Waals surface area contributed by atoms with Crippen molar-refractivity contribution < 1.29 is 8.78 Å². The van der Waals surface area contributed by atoms with Crippen LogP contribution in [-0.2, 0) is 0 Å². The number of rotatable bonds is 8. The van der Waals surface area contributed by atoms with Gasteiger partial charge in [-0.2, -0.15) is 8.75 Å². The minimum atomic E-state index is -0.933. The molecule has 3 aromatic heterocycles. The lowest BCUT2D eigenvalue weighted by Gasteiger charge is -2.23. The van der Waals surface area contributed by atoms with Gasteiger partial charge < -0.3 is 9.80 Å². The minimum absolute atomic E-state index is 0.124. The van der Waals surface area contributed by atoms with Gasteiger partial charge in [0, 0.05) is 32.5 Å². The number of aromatic nitrogens is 2. The summed E-state index contributed by atoms with van der Waals surface area (Å²) in [6.07, 6.45) is 0. The van der Waals surface area contributed by atoms with Crippen molar-refractivity contribution in [3.63, 3.8) is 0 Å². The predicted octanol–water partition coefficient (Wildman–Crippen LogP) is 12.4. The number of para-hydroxylation sites is 4. The second-order valence-corrected chi connectivity index (χ2v) is 13.3. The van der Waals surface area contributed by atoms with Crippen LogP contribution in [0.3, 0.4) is 0 Å². The number of nitrogens with zero attached hydrogens (tertiary/aromatic N) is 4. The number of benzene rings is 5. The van der Waals surface area contributed by atoms with Gasteiger partial charge in [0.05, 0.1) is 22.9 Å². The van der Waals surface area contributed by atoms with E-state index >= 15 is 8.78 Å². The Balaban J connectivity index is 1.22. The molecule has 0 amide bonds. The van der Waals surface area contributed by atoms with Crippen molar-refractivity contribution in [2.24, 2.45) is 0 Å². The molecule has 0 unspecified atom stereocenters. The molecule has 9 heteroatoms. The molecule has 228 valence electrons. The van der Waals surface area contributed by atoms with E-state index in [9.17, 15) is 0 Å². The fraction of sp³-hybridized carbons (Fsp3) is 0. The van der Waals surface area contributed by atoms with Gasteiger partial charge >= 0.3 is 0 Å². The molecule has 0 N–H and O–H groups in total. The molecule has 0 radical (unpaired) electrons. The maximum atomic E-state index is 16.3. The highest BCUT2D eigenvalue weighted by Gasteiger charge is 2.28. The molecule has 0 aliphatic rings. The predicted molar refractivity (Wildman–Crippen MR) is 193 cm³/mol. The fourth-order valence-electron chi connectivity index (χ4n) is 5.67. The van der Waals surface area contributed by atoms with E-state index in [-0.39, 0.29) is 11.1 Å². The molecule has 4 nitrogen and oxygen atoms in total. The van der Waals surface area contributed by atoms with Crippen molar-refractivity contribution in [3.05, 3.63) is 157 Å². The maximum Gasteiger partial charge on any atom is 0.170 e. The van der Waals surface area contributed by atoms with Crippen molar-refractivity contribution >= 4 is 78.2 Å². The van der Waals surface area contributed by atoms with Gasteiger partial charge in [-0.1, -0.05) is 72.8 Å². The Morgan fingerprint density at radius 3 is 1.04 bits per heavy atom. The van der Waals surface area contributed by atoms with Crippen molar-refractivity contribution in [1.82, 2.24) is 8.75 Å². The van der Waals surface area contributed by atoms with Gasteiger partial charge in [0.25, 0.3) is 0 Å². The monoisotopic (exact) mass is 670 g/mol. The van der Waals surface area contributed by atoms with Crippen LogP contribution in [0.5, 0.6) is 0 Å². The van der Waals surface area contributed by atoms with E-state index in [2.05, 4.69) is 18.5 Å². The average Bonchev–Trinajstić information content (AvgIpc) is 3.91. The molecular formula is C38H24F2N4S3. The van der Waals surface area contributed by atoms with Gasteiger partial charge in [0.1, 0.15) is 21.0 Å². The SMILES string of the molecule is Fc1c(F)c(-c2ccc(N(c3ccccc3)c3ccccc3)s2)c2nsnc2c1-c1ccc(N(c2ccccc2)c2ccccc2)s1. The summed E-state index contributed by atoms with van der Waals surface area (Å²) in [6, 6.07) is 47.4. The smallest absolute Gasteiger partial charge is 0.170 e. The van der Waals surface area contributed by atoms with Gasteiger partial charge in [-0.3, -0.25) is 0 Å². The van der Waals surface area contributed by atoms with Crippen LogP contribution in [0.15, 0.2) is 146 Å². The molecule has 3 heterocycles. The zero-order valence-corrected chi connectivity index (χ0v) is 27.1. The highest BCUT2D eigenvalue weighted by molar-refractivity contribution is 7.20. The van der Waals surface area contributed by atoms with Gasteiger partial charge in [-0.15, -0.1) is 22.7 Å². The summed E-state index contributed by atoms with van der Waals surface area (Å²) in [4.78, 5) is 5.35. The lowest BCUT2D eigenvalue weighted by atomic mass is 10.0. The molecule has 0 aliphatic carbocycles. The van der Waals surface area contributed by atoms with Gasteiger partial charge in [-0.05, 0) is 72.8 Å². The number of hydrogen-bond acceptors (Lipinski definition) is 7. The zero-order chi connectivity index (χ0) is 31.7. The largest absolute Gasteiger partial charge is 0.302 e. The standard InChI is InChI=1S/C38H24F2N4S3/c39-35-33(29-21-23-31(45-29)43(25-13-5-1-6-14-25)26-15-7-2-8-16-26)37-38(42-47-41-37)34(36(35)40)30-22-24-32(46-30)44(27-17-9-3-10-18-27)28-19-11-4-12-20-28/h1-24H. The Bertz CT molecular complexity index is 2050. The van der Waals surface area contributed by atoms with Gasteiger partial charge in [0.15, 0.2) is 11.6 Å². The molecule has 0 bridgehead atoms.